The normalized spacial score (nSPS) is 11.4. The number of benzene rings is 2. The Labute approximate surface area is 174 Å². The van der Waals surface area contributed by atoms with E-state index in [2.05, 4.69) is 13.8 Å². The summed E-state index contributed by atoms with van der Waals surface area (Å²) in [5.41, 5.74) is 0.776. The van der Waals surface area contributed by atoms with Crippen LogP contribution in [-0.2, 0) is 9.53 Å². The summed E-state index contributed by atoms with van der Waals surface area (Å²) in [5.74, 6) is 0.531. The van der Waals surface area contributed by atoms with Gasteiger partial charge in [-0.2, -0.15) is 5.26 Å². The standard InChI is InChI=1S/C19H25NO3.C6H6/c1-4-6-7-15(5-2)14-23-19(21)17(13-20)12-16-8-10-18(22-3)11-9-16;1-2-4-6-5-3-1/h8-12,15H,4-7,14H2,1-3H3;1-6H/b17-12+;. The van der Waals surface area contributed by atoms with Crippen molar-refractivity contribution < 1.29 is 14.3 Å². The maximum Gasteiger partial charge on any atom is 0.348 e. The van der Waals surface area contributed by atoms with Crippen molar-refractivity contribution in [1.82, 2.24) is 0 Å². The minimum atomic E-state index is -0.557. The number of unbranched alkanes of at least 4 members (excludes halogenated alkanes) is 1. The second-order valence-corrected chi connectivity index (χ2v) is 6.61. The van der Waals surface area contributed by atoms with Crippen molar-refractivity contribution >= 4 is 12.0 Å². The Hall–Kier alpha value is -3.06. The zero-order chi connectivity index (χ0) is 21.3. The van der Waals surface area contributed by atoms with E-state index in [1.54, 1.807) is 31.4 Å². The van der Waals surface area contributed by atoms with Crippen molar-refractivity contribution in [1.29, 1.82) is 5.26 Å². The number of nitriles is 1. The molecule has 2 aromatic rings. The topological polar surface area (TPSA) is 59.3 Å². The highest BCUT2D eigenvalue weighted by Gasteiger charge is 2.14. The fourth-order valence-corrected chi connectivity index (χ4v) is 2.56. The van der Waals surface area contributed by atoms with Crippen LogP contribution in [0.4, 0.5) is 0 Å². The Morgan fingerprint density at radius 2 is 1.66 bits per heavy atom. The molecule has 0 saturated carbocycles. The number of esters is 1. The van der Waals surface area contributed by atoms with Crippen LogP contribution in [-0.4, -0.2) is 19.7 Å². The monoisotopic (exact) mass is 393 g/mol. The largest absolute Gasteiger partial charge is 0.497 e. The predicted molar refractivity (Wildman–Crippen MR) is 117 cm³/mol. The molecule has 0 aliphatic heterocycles. The highest BCUT2D eigenvalue weighted by molar-refractivity contribution is 5.97. The first kappa shape index (κ1) is 24.0. The number of carbonyl (C=O) groups excluding carboxylic acids is 1. The molecule has 2 rings (SSSR count). The summed E-state index contributed by atoms with van der Waals surface area (Å²) in [6.45, 7) is 4.60. The van der Waals surface area contributed by atoms with Gasteiger partial charge >= 0.3 is 5.97 Å². The molecule has 0 bridgehead atoms. The third-order valence-electron chi connectivity index (χ3n) is 4.43. The first-order chi connectivity index (χ1) is 14.1. The van der Waals surface area contributed by atoms with Gasteiger partial charge in [-0.05, 0) is 36.1 Å². The zero-order valence-electron chi connectivity index (χ0n) is 17.6. The molecule has 0 spiro atoms. The molecule has 4 heteroatoms. The summed E-state index contributed by atoms with van der Waals surface area (Å²) in [6.07, 6.45) is 5.81. The minimum absolute atomic E-state index is 0.0144. The van der Waals surface area contributed by atoms with Crippen LogP contribution in [0.5, 0.6) is 5.75 Å². The van der Waals surface area contributed by atoms with Crippen molar-refractivity contribution in [2.75, 3.05) is 13.7 Å². The molecule has 4 nitrogen and oxygen atoms in total. The van der Waals surface area contributed by atoms with E-state index in [1.165, 1.54) is 6.08 Å². The Morgan fingerprint density at radius 1 is 1.07 bits per heavy atom. The number of hydrogen-bond acceptors (Lipinski definition) is 4. The third-order valence-corrected chi connectivity index (χ3v) is 4.43. The zero-order valence-corrected chi connectivity index (χ0v) is 17.6. The van der Waals surface area contributed by atoms with Crippen molar-refractivity contribution in [3.8, 4) is 11.8 Å². The molecule has 0 aliphatic rings. The Kier molecular flexibility index (Phi) is 12.3. The fraction of sp³-hybridized carbons (Fsp3) is 0.360. The van der Waals surface area contributed by atoms with Gasteiger partial charge in [-0.15, -0.1) is 0 Å². The van der Waals surface area contributed by atoms with E-state index in [-0.39, 0.29) is 5.57 Å². The molecule has 0 fully saturated rings. The summed E-state index contributed by atoms with van der Waals surface area (Å²) in [5, 5.41) is 9.18. The van der Waals surface area contributed by atoms with Gasteiger partial charge in [0.05, 0.1) is 13.7 Å². The van der Waals surface area contributed by atoms with Gasteiger partial charge in [0, 0.05) is 0 Å². The Bertz CT molecular complexity index is 734. The van der Waals surface area contributed by atoms with Crippen LogP contribution in [0.25, 0.3) is 6.08 Å². The lowest BCUT2D eigenvalue weighted by molar-refractivity contribution is -0.139. The molecule has 0 aromatic heterocycles. The van der Waals surface area contributed by atoms with Crippen molar-refractivity contribution in [3.05, 3.63) is 71.8 Å². The number of ether oxygens (including phenoxy) is 2. The highest BCUT2D eigenvalue weighted by atomic mass is 16.5. The van der Waals surface area contributed by atoms with E-state index in [4.69, 9.17) is 9.47 Å². The fourth-order valence-electron chi connectivity index (χ4n) is 2.56. The number of hydrogen-bond donors (Lipinski definition) is 0. The molecule has 2 aromatic carbocycles. The molecule has 154 valence electrons. The first-order valence-electron chi connectivity index (χ1n) is 10.1. The van der Waals surface area contributed by atoms with Crippen LogP contribution in [0, 0.1) is 17.2 Å². The average Bonchev–Trinajstić information content (AvgIpc) is 2.79. The molecule has 0 N–H and O–H groups in total. The molecule has 0 aliphatic carbocycles. The van der Waals surface area contributed by atoms with Crippen LogP contribution in [0.1, 0.15) is 45.1 Å². The van der Waals surface area contributed by atoms with Crippen LogP contribution in [0.2, 0.25) is 0 Å². The molecule has 0 saturated heterocycles. The second kappa shape index (κ2) is 14.9. The summed E-state index contributed by atoms with van der Waals surface area (Å²) < 4.78 is 10.4. The number of nitrogens with zero attached hydrogens (tertiary/aromatic N) is 1. The number of rotatable bonds is 9. The lowest BCUT2D eigenvalue weighted by atomic mass is 10.0. The Morgan fingerprint density at radius 3 is 2.10 bits per heavy atom. The van der Waals surface area contributed by atoms with E-state index in [0.29, 0.717) is 12.5 Å². The Balaban J connectivity index is 0.000000594. The van der Waals surface area contributed by atoms with Gasteiger partial charge < -0.3 is 9.47 Å². The maximum atomic E-state index is 12.1. The van der Waals surface area contributed by atoms with Crippen LogP contribution < -0.4 is 4.74 Å². The SMILES string of the molecule is CCCCC(CC)COC(=O)/C(C#N)=C/c1ccc(OC)cc1.c1ccccc1. The quantitative estimate of drug-likeness (QED) is 0.296. The summed E-state index contributed by atoms with van der Waals surface area (Å²) in [4.78, 5) is 12.1. The van der Waals surface area contributed by atoms with Crippen LogP contribution in [0.3, 0.4) is 0 Å². The van der Waals surface area contributed by atoms with E-state index >= 15 is 0 Å². The second-order valence-electron chi connectivity index (χ2n) is 6.61. The first-order valence-corrected chi connectivity index (χ1v) is 10.1. The molecule has 0 radical (unpaired) electrons. The van der Waals surface area contributed by atoms with Crippen LogP contribution >= 0.6 is 0 Å². The average molecular weight is 394 g/mol. The molecule has 29 heavy (non-hydrogen) atoms. The molecule has 0 heterocycles. The summed E-state index contributed by atoms with van der Waals surface area (Å²) >= 11 is 0. The van der Waals surface area contributed by atoms with E-state index in [0.717, 1.165) is 37.0 Å². The molecule has 1 atom stereocenters. The van der Waals surface area contributed by atoms with Gasteiger partial charge in [-0.25, -0.2) is 4.79 Å². The molecular formula is C25H31NO3. The lowest BCUT2D eigenvalue weighted by Gasteiger charge is -2.14. The van der Waals surface area contributed by atoms with Gasteiger partial charge in [0.2, 0.25) is 0 Å². The maximum absolute atomic E-state index is 12.1. The molecule has 1 unspecified atom stereocenters. The number of methoxy groups -OCH3 is 1. The minimum Gasteiger partial charge on any atom is -0.497 e. The van der Waals surface area contributed by atoms with Gasteiger partial charge in [-0.1, -0.05) is 81.6 Å². The van der Waals surface area contributed by atoms with Crippen molar-refractivity contribution in [2.45, 2.75) is 39.5 Å². The van der Waals surface area contributed by atoms with Gasteiger partial charge in [0.25, 0.3) is 0 Å². The summed E-state index contributed by atoms with van der Waals surface area (Å²) in [6, 6.07) is 21.1. The third kappa shape index (κ3) is 10.2. The number of carbonyl (C=O) groups is 1. The van der Waals surface area contributed by atoms with Gasteiger partial charge in [0.1, 0.15) is 17.4 Å². The van der Waals surface area contributed by atoms with E-state index in [1.807, 2.05) is 42.5 Å². The highest BCUT2D eigenvalue weighted by Crippen LogP contribution is 2.16. The molecular weight excluding hydrogens is 362 g/mol. The summed E-state index contributed by atoms with van der Waals surface area (Å²) in [7, 11) is 1.59. The van der Waals surface area contributed by atoms with E-state index in [9.17, 15) is 10.1 Å². The van der Waals surface area contributed by atoms with Gasteiger partial charge in [0.15, 0.2) is 0 Å². The van der Waals surface area contributed by atoms with Crippen molar-refractivity contribution in [3.63, 3.8) is 0 Å². The predicted octanol–water partition coefficient (Wildman–Crippen LogP) is 6.05. The smallest absolute Gasteiger partial charge is 0.348 e. The lowest BCUT2D eigenvalue weighted by Crippen LogP contribution is -2.14. The van der Waals surface area contributed by atoms with Crippen LogP contribution in [0.15, 0.2) is 66.2 Å². The van der Waals surface area contributed by atoms with Crippen molar-refractivity contribution in [2.24, 2.45) is 5.92 Å². The van der Waals surface area contributed by atoms with Gasteiger partial charge in [-0.3, -0.25) is 0 Å². The van der Waals surface area contributed by atoms with E-state index < -0.39 is 5.97 Å². The molecule has 0 amide bonds.